The lowest BCUT2D eigenvalue weighted by Gasteiger charge is -2.29. The van der Waals surface area contributed by atoms with Crippen LogP contribution in [-0.2, 0) is 11.4 Å². The molecule has 0 N–H and O–H groups in total. The molecule has 2 heterocycles. The number of hydrogen-bond acceptors (Lipinski definition) is 4. The summed E-state index contributed by atoms with van der Waals surface area (Å²) in [7, 11) is 0. The highest BCUT2D eigenvalue weighted by molar-refractivity contribution is 7.09. The molecule has 1 saturated heterocycles. The molecule has 0 bridgehead atoms. The van der Waals surface area contributed by atoms with E-state index in [1.165, 1.54) is 0 Å². The van der Waals surface area contributed by atoms with Crippen LogP contribution in [0.3, 0.4) is 0 Å². The summed E-state index contributed by atoms with van der Waals surface area (Å²) in [6, 6.07) is 7.77. The van der Waals surface area contributed by atoms with Gasteiger partial charge in [-0.3, -0.25) is 4.79 Å². The molecule has 1 fully saturated rings. The first kappa shape index (κ1) is 17.7. The third kappa shape index (κ3) is 5.16. The number of rotatable bonds is 5. The number of thiazole rings is 1. The maximum atomic E-state index is 12.2. The predicted octanol–water partition coefficient (Wildman–Crippen LogP) is 4.30. The number of aryl methyl sites for hydroxylation is 1. The van der Waals surface area contributed by atoms with E-state index >= 15 is 0 Å². The van der Waals surface area contributed by atoms with Crippen molar-refractivity contribution in [1.29, 1.82) is 0 Å². The Labute approximate surface area is 153 Å². The van der Waals surface area contributed by atoms with Crippen molar-refractivity contribution >= 4 is 23.3 Å². The highest BCUT2D eigenvalue weighted by Gasteiger charge is 2.18. The fraction of sp³-hybridized carbons (Fsp3) is 0.400. The van der Waals surface area contributed by atoms with Crippen molar-refractivity contribution in [3.05, 3.63) is 52.0 Å². The van der Waals surface area contributed by atoms with Crippen LogP contribution in [0.4, 0.5) is 0 Å². The van der Waals surface area contributed by atoms with Crippen molar-refractivity contribution in [3.8, 4) is 5.75 Å². The first-order valence-electron chi connectivity index (χ1n) is 8.71. The Morgan fingerprint density at radius 3 is 2.68 bits per heavy atom. The number of hydrogen-bond donors (Lipinski definition) is 0. The van der Waals surface area contributed by atoms with Gasteiger partial charge < -0.3 is 9.64 Å². The average Bonchev–Trinajstić information content (AvgIpc) is 3.05. The monoisotopic (exact) mass is 356 g/mol. The molecule has 0 aliphatic carbocycles. The Balaban J connectivity index is 1.50. The molecule has 0 atom stereocenters. The Kier molecular flexibility index (Phi) is 5.87. The number of ether oxygens (including phenoxy) is 1. The van der Waals surface area contributed by atoms with Crippen molar-refractivity contribution in [2.24, 2.45) is 5.92 Å². The van der Waals surface area contributed by atoms with Gasteiger partial charge in [0.2, 0.25) is 5.91 Å². The summed E-state index contributed by atoms with van der Waals surface area (Å²) < 4.78 is 5.74. The van der Waals surface area contributed by atoms with E-state index in [-0.39, 0.29) is 5.91 Å². The molecule has 5 heteroatoms. The number of carbonyl (C=O) groups excluding carboxylic acids is 1. The summed E-state index contributed by atoms with van der Waals surface area (Å²) in [5, 5.41) is 3.06. The number of carbonyl (C=O) groups is 1. The average molecular weight is 356 g/mol. The van der Waals surface area contributed by atoms with Crippen LogP contribution in [-0.4, -0.2) is 28.9 Å². The van der Waals surface area contributed by atoms with Gasteiger partial charge in [0, 0.05) is 24.5 Å². The summed E-state index contributed by atoms with van der Waals surface area (Å²) in [6.45, 7) is 6.45. The Morgan fingerprint density at radius 1 is 1.32 bits per heavy atom. The van der Waals surface area contributed by atoms with Crippen LogP contribution < -0.4 is 4.74 Å². The normalized spacial score (nSPS) is 15.7. The van der Waals surface area contributed by atoms with Crippen LogP contribution in [0, 0.1) is 12.8 Å². The van der Waals surface area contributed by atoms with Crippen molar-refractivity contribution in [3.63, 3.8) is 0 Å². The van der Waals surface area contributed by atoms with Gasteiger partial charge in [0.15, 0.2) is 0 Å². The third-order valence-corrected chi connectivity index (χ3v) is 5.27. The zero-order chi connectivity index (χ0) is 17.6. The van der Waals surface area contributed by atoms with Gasteiger partial charge in [-0.1, -0.05) is 19.1 Å². The lowest BCUT2D eigenvalue weighted by atomic mass is 9.99. The minimum Gasteiger partial charge on any atom is -0.487 e. The van der Waals surface area contributed by atoms with E-state index in [0.29, 0.717) is 6.61 Å². The number of likely N-dealkylation sites (tertiary alicyclic amines) is 1. The van der Waals surface area contributed by atoms with E-state index in [1.54, 1.807) is 17.4 Å². The molecule has 1 aromatic carbocycles. The molecular formula is C20H24N2O2S. The number of benzene rings is 1. The van der Waals surface area contributed by atoms with Crippen molar-refractivity contribution in [2.75, 3.05) is 13.1 Å². The van der Waals surface area contributed by atoms with Crippen LogP contribution in [0.25, 0.3) is 6.08 Å². The molecule has 4 nitrogen and oxygen atoms in total. The third-order valence-electron chi connectivity index (χ3n) is 4.45. The highest BCUT2D eigenvalue weighted by Crippen LogP contribution is 2.18. The van der Waals surface area contributed by atoms with Gasteiger partial charge in [0.05, 0.1) is 10.7 Å². The van der Waals surface area contributed by atoms with Gasteiger partial charge in [-0.05, 0) is 49.5 Å². The van der Waals surface area contributed by atoms with Gasteiger partial charge in [0.25, 0.3) is 0 Å². The van der Waals surface area contributed by atoms with Gasteiger partial charge in [-0.15, -0.1) is 11.3 Å². The Bertz CT molecular complexity index is 728. The lowest BCUT2D eigenvalue weighted by molar-refractivity contribution is -0.127. The quantitative estimate of drug-likeness (QED) is 0.750. The predicted molar refractivity (Wildman–Crippen MR) is 102 cm³/mol. The Hall–Kier alpha value is -2.14. The second-order valence-corrected chi connectivity index (χ2v) is 7.62. The van der Waals surface area contributed by atoms with Crippen LogP contribution in [0.2, 0.25) is 0 Å². The van der Waals surface area contributed by atoms with Crippen LogP contribution >= 0.6 is 11.3 Å². The second kappa shape index (κ2) is 8.30. The van der Waals surface area contributed by atoms with Crippen LogP contribution in [0.15, 0.2) is 35.7 Å². The SMILES string of the molecule is Cc1nc(COc2ccc(/C=C/C(=O)N3CCC(C)CC3)cc2)cs1. The van der Waals surface area contributed by atoms with Gasteiger partial charge >= 0.3 is 0 Å². The molecule has 2 aromatic rings. The molecule has 0 radical (unpaired) electrons. The maximum absolute atomic E-state index is 12.2. The maximum Gasteiger partial charge on any atom is 0.246 e. The minimum absolute atomic E-state index is 0.103. The summed E-state index contributed by atoms with van der Waals surface area (Å²) in [5.41, 5.74) is 1.95. The molecule has 0 saturated carbocycles. The fourth-order valence-electron chi connectivity index (χ4n) is 2.81. The summed E-state index contributed by atoms with van der Waals surface area (Å²) in [5.74, 6) is 1.64. The van der Waals surface area contributed by atoms with Gasteiger partial charge in [0.1, 0.15) is 12.4 Å². The standard InChI is InChI=1S/C20H24N2O2S/c1-15-9-11-22(12-10-15)20(23)8-5-17-3-6-19(7-4-17)24-13-18-14-25-16(2)21-18/h3-8,14-15H,9-13H2,1-2H3/b8-5+. The van der Waals surface area contributed by atoms with Crippen molar-refractivity contribution in [2.45, 2.75) is 33.3 Å². The molecule has 1 aliphatic heterocycles. The summed E-state index contributed by atoms with van der Waals surface area (Å²) in [6.07, 6.45) is 5.74. The fourth-order valence-corrected chi connectivity index (χ4v) is 3.41. The smallest absolute Gasteiger partial charge is 0.246 e. The number of aromatic nitrogens is 1. The molecule has 3 rings (SSSR count). The van der Waals surface area contributed by atoms with Crippen molar-refractivity contribution in [1.82, 2.24) is 9.88 Å². The summed E-state index contributed by atoms with van der Waals surface area (Å²) >= 11 is 1.63. The number of piperidine rings is 1. The zero-order valence-electron chi connectivity index (χ0n) is 14.8. The first-order chi connectivity index (χ1) is 12.1. The molecule has 25 heavy (non-hydrogen) atoms. The molecule has 0 unspecified atom stereocenters. The van der Waals surface area contributed by atoms with E-state index in [9.17, 15) is 4.79 Å². The molecule has 132 valence electrons. The molecular weight excluding hydrogens is 332 g/mol. The Morgan fingerprint density at radius 2 is 2.04 bits per heavy atom. The van der Waals surface area contributed by atoms with E-state index < -0.39 is 0 Å². The minimum atomic E-state index is 0.103. The number of amides is 1. The lowest BCUT2D eigenvalue weighted by Crippen LogP contribution is -2.36. The van der Waals surface area contributed by atoms with Gasteiger partial charge in [-0.2, -0.15) is 0 Å². The molecule has 1 aliphatic rings. The van der Waals surface area contributed by atoms with Crippen LogP contribution in [0.5, 0.6) is 5.75 Å². The summed E-state index contributed by atoms with van der Waals surface area (Å²) in [4.78, 5) is 18.5. The van der Waals surface area contributed by atoms with E-state index in [2.05, 4.69) is 11.9 Å². The molecule has 0 spiro atoms. The van der Waals surface area contributed by atoms with E-state index in [4.69, 9.17) is 4.74 Å². The zero-order valence-corrected chi connectivity index (χ0v) is 15.6. The van der Waals surface area contributed by atoms with E-state index in [1.807, 2.05) is 47.5 Å². The number of nitrogens with zero attached hydrogens (tertiary/aromatic N) is 2. The molecule has 1 aromatic heterocycles. The van der Waals surface area contributed by atoms with Gasteiger partial charge in [-0.25, -0.2) is 4.98 Å². The first-order valence-corrected chi connectivity index (χ1v) is 9.59. The van der Waals surface area contributed by atoms with Crippen LogP contribution in [0.1, 0.15) is 36.0 Å². The topological polar surface area (TPSA) is 42.4 Å². The second-order valence-electron chi connectivity index (χ2n) is 6.56. The van der Waals surface area contributed by atoms with E-state index in [0.717, 1.165) is 53.9 Å². The highest BCUT2D eigenvalue weighted by atomic mass is 32.1. The molecule has 1 amide bonds. The van der Waals surface area contributed by atoms with Crippen molar-refractivity contribution < 1.29 is 9.53 Å². The largest absolute Gasteiger partial charge is 0.487 e.